The number of carbonyl (C=O) groups is 1. The second-order valence-corrected chi connectivity index (χ2v) is 6.19. The lowest BCUT2D eigenvalue weighted by Crippen LogP contribution is -2.19. The van der Waals surface area contributed by atoms with E-state index in [-0.39, 0.29) is 24.3 Å². The van der Waals surface area contributed by atoms with E-state index < -0.39 is 5.97 Å². The van der Waals surface area contributed by atoms with Crippen LogP contribution in [0.25, 0.3) is 0 Å². The van der Waals surface area contributed by atoms with Crippen LogP contribution in [0.1, 0.15) is 49.5 Å². The topological polar surface area (TPSA) is 86.3 Å². The highest BCUT2D eigenvalue weighted by atomic mass is 35.5. The number of ether oxygens (including phenoxy) is 3. The molecular formula is C17H20ClN3O4. The minimum absolute atomic E-state index is 0.0457. The lowest BCUT2D eigenvalue weighted by atomic mass is 9.98. The van der Waals surface area contributed by atoms with Gasteiger partial charge in [0.15, 0.2) is 0 Å². The quantitative estimate of drug-likeness (QED) is 0.774. The van der Waals surface area contributed by atoms with E-state index in [1.54, 1.807) is 25.1 Å². The van der Waals surface area contributed by atoms with E-state index in [4.69, 9.17) is 25.8 Å². The number of carbonyl (C=O) groups excluding carboxylic acids is 1. The zero-order valence-electron chi connectivity index (χ0n) is 14.0. The summed E-state index contributed by atoms with van der Waals surface area (Å²) >= 11 is 6.23. The predicted molar refractivity (Wildman–Crippen MR) is 91.4 cm³/mol. The Kier molecular flexibility index (Phi) is 5.75. The number of hydrogen-bond acceptors (Lipinski definition) is 6. The van der Waals surface area contributed by atoms with E-state index in [1.165, 1.54) is 19.3 Å². The maximum Gasteiger partial charge on any atom is 0.362 e. The maximum absolute atomic E-state index is 11.8. The summed E-state index contributed by atoms with van der Waals surface area (Å²) in [6.07, 6.45) is 5.80. The summed E-state index contributed by atoms with van der Waals surface area (Å²) in [6.45, 7) is 1.97. The third kappa shape index (κ3) is 4.42. The van der Waals surface area contributed by atoms with Crippen molar-refractivity contribution in [3.8, 4) is 17.4 Å². The van der Waals surface area contributed by atoms with Crippen LogP contribution in [-0.2, 0) is 4.74 Å². The Balaban J connectivity index is 1.74. The molecule has 3 rings (SSSR count). The fourth-order valence-electron chi connectivity index (χ4n) is 2.74. The SMILES string of the molecule is CCOC(=O)c1[nH]nnc1Oc1ccc(Cl)c(OC2CCCCC2)c1. The van der Waals surface area contributed by atoms with Gasteiger partial charge >= 0.3 is 5.97 Å². The van der Waals surface area contributed by atoms with Crippen molar-refractivity contribution >= 4 is 17.6 Å². The van der Waals surface area contributed by atoms with Crippen molar-refractivity contribution in [1.29, 1.82) is 0 Å². The number of hydrogen-bond donors (Lipinski definition) is 1. The molecule has 1 aromatic heterocycles. The number of H-pyrrole nitrogens is 1. The number of aromatic amines is 1. The smallest absolute Gasteiger partial charge is 0.362 e. The average molecular weight is 366 g/mol. The van der Waals surface area contributed by atoms with Gasteiger partial charge < -0.3 is 14.2 Å². The molecule has 0 spiro atoms. The van der Waals surface area contributed by atoms with Gasteiger partial charge in [-0.1, -0.05) is 28.3 Å². The molecule has 134 valence electrons. The zero-order chi connectivity index (χ0) is 17.6. The second-order valence-electron chi connectivity index (χ2n) is 5.78. The molecule has 2 aromatic rings. The molecule has 1 N–H and O–H groups in total. The Hall–Kier alpha value is -2.28. The molecular weight excluding hydrogens is 346 g/mol. The predicted octanol–water partition coefficient (Wildman–Crippen LogP) is 4.14. The minimum atomic E-state index is -0.574. The number of benzene rings is 1. The molecule has 8 heteroatoms. The summed E-state index contributed by atoms with van der Waals surface area (Å²) in [5, 5.41) is 10.4. The van der Waals surface area contributed by atoms with Gasteiger partial charge in [0.05, 0.1) is 17.7 Å². The third-order valence-electron chi connectivity index (χ3n) is 3.96. The number of esters is 1. The first-order valence-corrected chi connectivity index (χ1v) is 8.77. The Morgan fingerprint density at radius 3 is 2.88 bits per heavy atom. The molecule has 0 radical (unpaired) electrons. The molecule has 7 nitrogen and oxygen atoms in total. The van der Waals surface area contributed by atoms with Gasteiger partial charge in [0.1, 0.15) is 11.5 Å². The van der Waals surface area contributed by atoms with E-state index in [9.17, 15) is 4.79 Å². The van der Waals surface area contributed by atoms with Crippen LogP contribution >= 0.6 is 11.6 Å². The molecule has 1 aliphatic rings. The Morgan fingerprint density at radius 2 is 2.12 bits per heavy atom. The Bertz CT molecular complexity index is 728. The van der Waals surface area contributed by atoms with Crippen molar-refractivity contribution in [2.24, 2.45) is 0 Å². The highest BCUT2D eigenvalue weighted by Gasteiger charge is 2.20. The molecule has 0 amide bonds. The number of nitrogens with one attached hydrogen (secondary N) is 1. The number of nitrogens with zero attached hydrogens (tertiary/aromatic N) is 2. The number of halogens is 1. The van der Waals surface area contributed by atoms with Crippen LogP contribution in [0.3, 0.4) is 0 Å². The van der Waals surface area contributed by atoms with E-state index in [2.05, 4.69) is 15.4 Å². The van der Waals surface area contributed by atoms with Crippen LogP contribution in [0.4, 0.5) is 0 Å². The van der Waals surface area contributed by atoms with Crippen LogP contribution in [0.15, 0.2) is 18.2 Å². The fraction of sp³-hybridized carbons (Fsp3) is 0.471. The van der Waals surface area contributed by atoms with Crippen molar-refractivity contribution in [2.75, 3.05) is 6.61 Å². The average Bonchev–Trinajstić information content (AvgIpc) is 3.07. The van der Waals surface area contributed by atoms with E-state index >= 15 is 0 Å². The summed E-state index contributed by atoms with van der Waals surface area (Å²) in [5.41, 5.74) is 0.0616. The minimum Gasteiger partial charge on any atom is -0.489 e. The Morgan fingerprint density at radius 1 is 1.32 bits per heavy atom. The number of rotatable bonds is 6. The highest BCUT2D eigenvalue weighted by Crippen LogP contribution is 2.34. The summed E-state index contributed by atoms with van der Waals surface area (Å²) in [6, 6.07) is 5.07. The first-order valence-electron chi connectivity index (χ1n) is 8.39. The molecule has 1 fully saturated rings. The lowest BCUT2D eigenvalue weighted by molar-refractivity contribution is 0.0516. The molecule has 1 aliphatic carbocycles. The molecule has 0 unspecified atom stereocenters. The summed E-state index contributed by atoms with van der Waals surface area (Å²) < 4.78 is 16.6. The van der Waals surface area contributed by atoms with Gasteiger partial charge in [-0.3, -0.25) is 0 Å². The van der Waals surface area contributed by atoms with Crippen molar-refractivity contribution in [2.45, 2.75) is 45.1 Å². The van der Waals surface area contributed by atoms with Crippen molar-refractivity contribution in [3.63, 3.8) is 0 Å². The van der Waals surface area contributed by atoms with Gasteiger partial charge in [0, 0.05) is 6.07 Å². The monoisotopic (exact) mass is 365 g/mol. The van der Waals surface area contributed by atoms with E-state index in [0.29, 0.717) is 16.5 Å². The van der Waals surface area contributed by atoms with Gasteiger partial charge in [0.2, 0.25) is 5.69 Å². The van der Waals surface area contributed by atoms with Gasteiger partial charge in [-0.05, 0) is 44.7 Å². The lowest BCUT2D eigenvalue weighted by Gasteiger charge is -2.23. The number of aromatic nitrogens is 3. The zero-order valence-corrected chi connectivity index (χ0v) is 14.7. The van der Waals surface area contributed by atoms with E-state index in [1.807, 2.05) is 0 Å². The maximum atomic E-state index is 11.8. The summed E-state index contributed by atoms with van der Waals surface area (Å²) in [4.78, 5) is 11.8. The molecule has 1 aromatic carbocycles. The van der Waals surface area contributed by atoms with Crippen LogP contribution in [-0.4, -0.2) is 34.1 Å². The van der Waals surface area contributed by atoms with Crippen molar-refractivity contribution in [3.05, 3.63) is 28.9 Å². The first-order chi connectivity index (χ1) is 12.2. The molecule has 0 saturated heterocycles. The molecule has 0 aliphatic heterocycles. The largest absolute Gasteiger partial charge is 0.489 e. The molecule has 1 saturated carbocycles. The normalized spacial score (nSPS) is 15.0. The summed E-state index contributed by atoms with van der Waals surface area (Å²) in [7, 11) is 0. The van der Waals surface area contributed by atoms with Crippen LogP contribution in [0.5, 0.6) is 17.4 Å². The van der Waals surface area contributed by atoms with Crippen LogP contribution in [0.2, 0.25) is 5.02 Å². The van der Waals surface area contributed by atoms with E-state index in [0.717, 1.165) is 12.8 Å². The molecule has 1 heterocycles. The standard InChI is InChI=1S/C17H20ClN3O4/c1-2-23-17(22)15-16(20-21-19-15)25-12-8-9-13(18)14(10-12)24-11-6-4-3-5-7-11/h8-11H,2-7H2,1H3,(H,19,20,21). The van der Waals surface area contributed by atoms with Gasteiger partial charge in [0.25, 0.3) is 5.88 Å². The van der Waals surface area contributed by atoms with Gasteiger partial charge in [-0.25, -0.2) is 9.89 Å². The Labute approximate surface area is 150 Å². The first kappa shape index (κ1) is 17.5. The molecule has 0 atom stereocenters. The highest BCUT2D eigenvalue weighted by molar-refractivity contribution is 6.32. The second kappa shape index (κ2) is 8.20. The van der Waals surface area contributed by atoms with Gasteiger partial charge in [-0.2, -0.15) is 0 Å². The fourth-order valence-corrected chi connectivity index (χ4v) is 2.90. The molecule has 0 bridgehead atoms. The van der Waals surface area contributed by atoms with Crippen LogP contribution < -0.4 is 9.47 Å². The van der Waals surface area contributed by atoms with Gasteiger partial charge in [-0.15, -0.1) is 0 Å². The summed E-state index contributed by atoms with van der Waals surface area (Å²) in [5.74, 6) is 0.487. The third-order valence-corrected chi connectivity index (χ3v) is 4.27. The molecule has 25 heavy (non-hydrogen) atoms. The van der Waals surface area contributed by atoms with Crippen LogP contribution in [0, 0.1) is 0 Å². The van der Waals surface area contributed by atoms with Crippen molar-refractivity contribution in [1.82, 2.24) is 15.4 Å². The van der Waals surface area contributed by atoms with Crippen molar-refractivity contribution < 1.29 is 19.0 Å².